The molecule has 0 radical (unpaired) electrons. The number of aliphatic hydroxyl groups is 1. The van der Waals surface area contributed by atoms with Crippen molar-refractivity contribution in [2.45, 2.75) is 19.3 Å². The molecule has 0 fully saturated rings. The number of anilines is 1. The maximum Gasteiger partial charge on any atom is 0.224 e. The normalized spacial score (nSPS) is 10.4. The SMILES string of the molecule is O=C(CCCCO)Nc1c(Br)cc(Br)cc1Br. The third kappa shape index (κ3) is 5.07. The molecule has 1 amide bonds. The Bertz CT molecular complexity index is 387. The van der Waals surface area contributed by atoms with Crippen LogP contribution in [0.3, 0.4) is 0 Å². The average Bonchev–Trinajstić information content (AvgIpc) is 2.24. The first-order chi connectivity index (χ1) is 8.04. The van der Waals surface area contributed by atoms with Crippen LogP contribution < -0.4 is 5.32 Å². The first kappa shape index (κ1) is 15.1. The van der Waals surface area contributed by atoms with Crippen LogP contribution in [0.1, 0.15) is 19.3 Å². The minimum absolute atomic E-state index is 0.0535. The van der Waals surface area contributed by atoms with Gasteiger partial charge in [-0.3, -0.25) is 4.79 Å². The lowest BCUT2D eigenvalue weighted by atomic mass is 10.2. The molecule has 94 valence electrons. The molecule has 0 aliphatic carbocycles. The zero-order valence-electron chi connectivity index (χ0n) is 8.97. The van der Waals surface area contributed by atoms with Crippen molar-refractivity contribution in [2.75, 3.05) is 11.9 Å². The predicted molar refractivity (Wildman–Crippen MR) is 79.1 cm³/mol. The molecule has 0 atom stereocenters. The lowest BCUT2D eigenvalue weighted by Gasteiger charge is -2.10. The number of nitrogens with one attached hydrogen (secondary N) is 1. The monoisotopic (exact) mass is 427 g/mol. The van der Waals surface area contributed by atoms with E-state index in [1.54, 1.807) is 0 Å². The number of hydrogen-bond acceptors (Lipinski definition) is 2. The molecule has 1 rings (SSSR count). The van der Waals surface area contributed by atoms with Gasteiger partial charge in [0.05, 0.1) is 5.69 Å². The van der Waals surface area contributed by atoms with Crippen molar-refractivity contribution in [3.63, 3.8) is 0 Å². The Morgan fingerprint density at radius 1 is 1.18 bits per heavy atom. The van der Waals surface area contributed by atoms with E-state index in [1.165, 1.54) is 0 Å². The smallest absolute Gasteiger partial charge is 0.224 e. The Labute approximate surface area is 125 Å². The summed E-state index contributed by atoms with van der Waals surface area (Å²) in [5.74, 6) is -0.0535. The highest BCUT2D eigenvalue weighted by Crippen LogP contribution is 2.34. The molecule has 17 heavy (non-hydrogen) atoms. The molecular formula is C11H12Br3NO2. The molecule has 1 aromatic carbocycles. The van der Waals surface area contributed by atoms with Crippen molar-refractivity contribution in [3.8, 4) is 0 Å². The van der Waals surface area contributed by atoms with Gasteiger partial charge >= 0.3 is 0 Å². The Morgan fingerprint density at radius 3 is 2.29 bits per heavy atom. The summed E-state index contributed by atoms with van der Waals surface area (Å²) in [6.07, 6.45) is 1.75. The number of unbranched alkanes of at least 4 members (excludes halogenated alkanes) is 1. The number of carbonyl (C=O) groups excluding carboxylic acids is 1. The van der Waals surface area contributed by atoms with Gasteiger partial charge in [-0.25, -0.2) is 0 Å². The second-order valence-electron chi connectivity index (χ2n) is 3.47. The molecule has 0 aliphatic rings. The number of rotatable bonds is 5. The van der Waals surface area contributed by atoms with Crippen LogP contribution in [-0.4, -0.2) is 17.6 Å². The molecule has 0 aliphatic heterocycles. The second-order valence-corrected chi connectivity index (χ2v) is 6.10. The highest BCUT2D eigenvalue weighted by molar-refractivity contribution is 9.11. The summed E-state index contributed by atoms with van der Waals surface area (Å²) in [6, 6.07) is 3.74. The van der Waals surface area contributed by atoms with Crippen LogP contribution >= 0.6 is 47.8 Å². The number of halogens is 3. The van der Waals surface area contributed by atoms with E-state index < -0.39 is 0 Å². The van der Waals surface area contributed by atoms with E-state index >= 15 is 0 Å². The van der Waals surface area contributed by atoms with E-state index in [9.17, 15) is 4.79 Å². The fraction of sp³-hybridized carbons (Fsp3) is 0.364. The van der Waals surface area contributed by atoms with E-state index in [4.69, 9.17) is 5.11 Å². The zero-order chi connectivity index (χ0) is 12.8. The summed E-state index contributed by atoms with van der Waals surface area (Å²) in [7, 11) is 0. The maximum atomic E-state index is 11.6. The summed E-state index contributed by atoms with van der Waals surface area (Å²) in [5.41, 5.74) is 0.724. The standard InChI is InChI=1S/C11H12Br3NO2/c12-7-5-8(13)11(9(14)6-7)15-10(17)3-1-2-4-16/h5-6,16H,1-4H2,(H,15,17). The summed E-state index contributed by atoms with van der Waals surface area (Å²) >= 11 is 10.2. The number of carbonyl (C=O) groups is 1. The van der Waals surface area contributed by atoms with Gasteiger partial charge in [-0.05, 0) is 56.8 Å². The fourth-order valence-electron chi connectivity index (χ4n) is 1.26. The fourth-order valence-corrected chi connectivity index (χ4v) is 3.72. The molecule has 6 heteroatoms. The third-order valence-electron chi connectivity index (χ3n) is 2.08. The largest absolute Gasteiger partial charge is 0.396 e. The Morgan fingerprint density at radius 2 is 1.76 bits per heavy atom. The molecule has 0 aromatic heterocycles. The summed E-state index contributed by atoms with van der Waals surface area (Å²) < 4.78 is 2.55. The lowest BCUT2D eigenvalue weighted by Crippen LogP contribution is -2.12. The minimum Gasteiger partial charge on any atom is -0.396 e. The van der Waals surface area contributed by atoms with Crippen LogP contribution in [0.25, 0.3) is 0 Å². The van der Waals surface area contributed by atoms with Gasteiger partial charge in [-0.15, -0.1) is 0 Å². The van der Waals surface area contributed by atoms with E-state index in [0.29, 0.717) is 19.3 Å². The molecule has 1 aromatic rings. The highest BCUT2D eigenvalue weighted by Gasteiger charge is 2.10. The number of benzene rings is 1. The van der Waals surface area contributed by atoms with E-state index in [2.05, 4.69) is 53.1 Å². The molecule has 0 unspecified atom stereocenters. The van der Waals surface area contributed by atoms with Crippen molar-refractivity contribution in [1.29, 1.82) is 0 Å². The summed E-state index contributed by atoms with van der Waals surface area (Å²) in [6.45, 7) is 0.124. The van der Waals surface area contributed by atoms with Crippen LogP contribution in [-0.2, 0) is 4.79 Å². The van der Waals surface area contributed by atoms with Crippen molar-refractivity contribution < 1.29 is 9.90 Å². The van der Waals surface area contributed by atoms with Crippen molar-refractivity contribution >= 4 is 59.4 Å². The maximum absolute atomic E-state index is 11.6. The lowest BCUT2D eigenvalue weighted by molar-refractivity contribution is -0.116. The average molecular weight is 430 g/mol. The molecule has 0 bridgehead atoms. The Balaban J connectivity index is 2.65. The van der Waals surface area contributed by atoms with Crippen molar-refractivity contribution in [3.05, 3.63) is 25.6 Å². The summed E-state index contributed by atoms with van der Waals surface area (Å²) in [4.78, 5) is 11.6. The van der Waals surface area contributed by atoms with Crippen LogP contribution in [0.5, 0.6) is 0 Å². The Kier molecular flexibility index (Phi) is 6.69. The van der Waals surface area contributed by atoms with Gasteiger partial charge in [0.2, 0.25) is 5.91 Å². The van der Waals surface area contributed by atoms with Gasteiger partial charge in [0, 0.05) is 26.4 Å². The highest BCUT2D eigenvalue weighted by atomic mass is 79.9. The minimum atomic E-state index is -0.0535. The molecule has 0 saturated heterocycles. The summed E-state index contributed by atoms with van der Waals surface area (Å²) in [5, 5.41) is 11.5. The zero-order valence-corrected chi connectivity index (χ0v) is 13.7. The van der Waals surface area contributed by atoms with Crippen LogP contribution in [0.4, 0.5) is 5.69 Å². The molecule has 2 N–H and O–H groups in total. The number of aliphatic hydroxyl groups excluding tert-OH is 1. The van der Waals surface area contributed by atoms with E-state index in [1.807, 2.05) is 12.1 Å². The molecule has 3 nitrogen and oxygen atoms in total. The van der Waals surface area contributed by atoms with Gasteiger partial charge in [0.25, 0.3) is 0 Å². The van der Waals surface area contributed by atoms with Crippen LogP contribution in [0.2, 0.25) is 0 Å². The van der Waals surface area contributed by atoms with Gasteiger partial charge in [0.15, 0.2) is 0 Å². The van der Waals surface area contributed by atoms with Crippen molar-refractivity contribution in [2.24, 2.45) is 0 Å². The van der Waals surface area contributed by atoms with E-state index in [-0.39, 0.29) is 12.5 Å². The van der Waals surface area contributed by atoms with Gasteiger partial charge in [-0.2, -0.15) is 0 Å². The van der Waals surface area contributed by atoms with E-state index in [0.717, 1.165) is 19.1 Å². The molecule has 0 saturated carbocycles. The molecule has 0 spiro atoms. The number of hydrogen-bond donors (Lipinski definition) is 2. The number of amides is 1. The predicted octanol–water partition coefficient (Wildman–Crippen LogP) is 4.08. The first-order valence-corrected chi connectivity index (χ1v) is 7.47. The molecular weight excluding hydrogens is 418 g/mol. The van der Waals surface area contributed by atoms with Crippen LogP contribution in [0.15, 0.2) is 25.6 Å². The van der Waals surface area contributed by atoms with Gasteiger partial charge in [0.1, 0.15) is 0 Å². The van der Waals surface area contributed by atoms with Gasteiger partial charge in [-0.1, -0.05) is 15.9 Å². The quantitative estimate of drug-likeness (QED) is 0.693. The first-order valence-electron chi connectivity index (χ1n) is 5.10. The van der Waals surface area contributed by atoms with Crippen molar-refractivity contribution in [1.82, 2.24) is 0 Å². The second kappa shape index (κ2) is 7.51. The topological polar surface area (TPSA) is 49.3 Å². The third-order valence-corrected chi connectivity index (χ3v) is 3.79. The molecule has 0 heterocycles. The Hall–Kier alpha value is 0.0900. The van der Waals surface area contributed by atoms with Gasteiger partial charge < -0.3 is 10.4 Å². The van der Waals surface area contributed by atoms with Crippen LogP contribution in [0, 0.1) is 0 Å².